The Morgan fingerprint density at radius 3 is 2.60 bits per heavy atom. The lowest BCUT2D eigenvalue weighted by molar-refractivity contribution is -0.144. The molecule has 2 N–H and O–H groups in total. The number of carbonyl (C=O) groups is 1. The summed E-state index contributed by atoms with van der Waals surface area (Å²) in [6.07, 6.45) is 11.3. The highest BCUT2D eigenvalue weighted by Gasteiger charge is 2.54. The minimum atomic E-state index is -1.10. The number of fused-ring (bicyclic) bond motifs is 3. The highest BCUT2D eigenvalue weighted by atomic mass is 35.5. The highest BCUT2D eigenvalue weighted by molar-refractivity contribution is 6.30. The van der Waals surface area contributed by atoms with E-state index in [0.29, 0.717) is 67.7 Å². The highest BCUT2D eigenvalue weighted by Crippen LogP contribution is 2.57. The number of benzene rings is 3. The summed E-state index contributed by atoms with van der Waals surface area (Å²) in [6.45, 7) is 6.26. The van der Waals surface area contributed by atoms with Crippen molar-refractivity contribution in [2.75, 3.05) is 32.2 Å². The summed E-state index contributed by atoms with van der Waals surface area (Å²) in [6, 6.07) is 25.4. The molecule has 0 aliphatic heterocycles. The number of nitrogens with one attached hydrogen (secondary N) is 1. The van der Waals surface area contributed by atoms with Gasteiger partial charge in [0, 0.05) is 34.4 Å². The maximum atomic E-state index is 13.1. The number of carboxylic acid groups (broad SMARTS) is 1. The molecule has 8 rings (SSSR count). The van der Waals surface area contributed by atoms with Gasteiger partial charge >= 0.3 is 5.97 Å². The number of aromatic nitrogens is 3. The molecule has 1 unspecified atom stereocenters. The summed E-state index contributed by atoms with van der Waals surface area (Å²) in [5.41, 5.74) is 6.05. The molecule has 1 saturated carbocycles. The first kappa shape index (κ1) is 41.5. The number of hydrogen-bond donors (Lipinski definition) is 2. The van der Waals surface area contributed by atoms with Gasteiger partial charge in [-0.2, -0.15) is 0 Å². The molecule has 314 valence electrons. The maximum Gasteiger partial charge on any atom is 0.329 e. The molecule has 3 atom stereocenters. The average Bonchev–Trinajstić information content (AvgIpc) is 3.54. The molecule has 1 fully saturated rings. The van der Waals surface area contributed by atoms with Crippen LogP contribution in [0.2, 0.25) is 5.02 Å². The number of nitrogens with zero attached hydrogens (tertiary/aromatic N) is 3. The fourth-order valence-electron chi connectivity index (χ4n) is 10.00. The van der Waals surface area contributed by atoms with Crippen molar-refractivity contribution >= 4 is 23.3 Å². The van der Waals surface area contributed by atoms with Crippen LogP contribution in [0.1, 0.15) is 92.8 Å². The van der Waals surface area contributed by atoms with Gasteiger partial charge in [0.25, 0.3) is 0 Å². The molecule has 2 heterocycles. The predicted octanol–water partition coefficient (Wildman–Crippen LogP) is 10.3. The lowest BCUT2D eigenvalue weighted by Gasteiger charge is -2.47. The third-order valence-electron chi connectivity index (χ3n) is 13.1. The minimum Gasteiger partial charge on any atom is -0.496 e. The normalized spacial score (nSPS) is 22.4. The summed E-state index contributed by atoms with van der Waals surface area (Å²) in [4.78, 5) is 26.9. The Bertz CT molecular complexity index is 2290. The lowest BCUT2D eigenvalue weighted by Crippen LogP contribution is -2.53. The Kier molecular flexibility index (Phi) is 12.6. The van der Waals surface area contributed by atoms with Gasteiger partial charge in [-0.25, -0.2) is 14.8 Å². The smallest absolute Gasteiger partial charge is 0.329 e. The van der Waals surface area contributed by atoms with Gasteiger partial charge in [0.1, 0.15) is 29.4 Å². The standard InChI is InChI=1S/C49H55ClN4O6/c1-32(30-60-44-17-23-51-42-12-6-8-33(2)45(42)44)26-35-27-34-14-15-39(59-25-24-58-31-38-16-22-52-46(53-38)40-11-4-5-13-43(40)57-3)29-41(34)48(35)18-20-49(21-19-48,47(55)56)54-37-10-7-9-36(50)28-37/h4-5,7,9-11,13-17,22-23,28-29,32-33,35,54H,6,8,12,18-21,24-27,30-31H2,1-3H3,(H,55,56)/t32-,33-,35?,48?,49?/m1/s1. The Hall–Kier alpha value is -5.19. The van der Waals surface area contributed by atoms with Gasteiger partial charge in [0.15, 0.2) is 5.82 Å². The molecule has 2 aromatic heterocycles. The fraction of sp³-hybridized carbons (Fsp3) is 0.429. The van der Waals surface area contributed by atoms with Crippen LogP contribution in [0.25, 0.3) is 11.4 Å². The molecule has 1 spiro atoms. The van der Waals surface area contributed by atoms with E-state index in [1.54, 1.807) is 25.4 Å². The maximum absolute atomic E-state index is 13.1. The van der Waals surface area contributed by atoms with Crippen molar-refractivity contribution in [1.29, 1.82) is 0 Å². The second-order valence-corrected chi connectivity index (χ2v) is 17.4. The van der Waals surface area contributed by atoms with Crippen LogP contribution in [-0.2, 0) is 34.4 Å². The molecule has 0 radical (unpaired) electrons. The Balaban J connectivity index is 0.960. The first-order valence-corrected chi connectivity index (χ1v) is 21.7. The number of aryl methyl sites for hydroxylation is 1. The molecule has 10 nitrogen and oxygen atoms in total. The van der Waals surface area contributed by atoms with Crippen LogP contribution in [0.4, 0.5) is 5.69 Å². The van der Waals surface area contributed by atoms with E-state index in [0.717, 1.165) is 67.0 Å². The topological polar surface area (TPSA) is 125 Å². The largest absolute Gasteiger partial charge is 0.496 e. The molecular formula is C49H55ClN4O6. The number of rotatable bonds is 16. The van der Waals surface area contributed by atoms with Crippen LogP contribution in [0.5, 0.6) is 17.2 Å². The number of methoxy groups -OCH3 is 1. The summed E-state index contributed by atoms with van der Waals surface area (Å²) in [7, 11) is 1.64. The zero-order chi connectivity index (χ0) is 41.7. The lowest BCUT2D eigenvalue weighted by atomic mass is 9.59. The summed E-state index contributed by atoms with van der Waals surface area (Å²) >= 11 is 6.32. The SMILES string of the molecule is COc1ccccc1-c1nccc(COCCOc2ccc3c(c2)C2(CCC(Nc4cccc(Cl)c4)(C(=O)O)CC2)C(C[C@@H](C)COc2ccnc4c2[C@H](C)CCC4)C3)n1. The Morgan fingerprint density at radius 2 is 1.78 bits per heavy atom. The number of aliphatic carboxylic acids is 1. The van der Waals surface area contributed by atoms with Crippen LogP contribution < -0.4 is 19.5 Å². The Morgan fingerprint density at radius 1 is 0.950 bits per heavy atom. The molecule has 3 aliphatic rings. The van der Waals surface area contributed by atoms with E-state index < -0.39 is 11.5 Å². The van der Waals surface area contributed by atoms with Crippen molar-refractivity contribution in [1.82, 2.24) is 15.0 Å². The minimum absolute atomic E-state index is 0.203. The molecular weight excluding hydrogens is 776 g/mol. The van der Waals surface area contributed by atoms with Crippen LogP contribution >= 0.6 is 11.6 Å². The summed E-state index contributed by atoms with van der Waals surface area (Å²) < 4.78 is 24.5. The first-order chi connectivity index (χ1) is 29.2. The number of ether oxygens (including phenoxy) is 4. The van der Waals surface area contributed by atoms with Crippen LogP contribution in [0.3, 0.4) is 0 Å². The zero-order valence-electron chi connectivity index (χ0n) is 34.8. The van der Waals surface area contributed by atoms with E-state index in [-0.39, 0.29) is 11.3 Å². The molecule has 0 amide bonds. The van der Waals surface area contributed by atoms with E-state index in [1.165, 1.54) is 28.8 Å². The van der Waals surface area contributed by atoms with Crippen LogP contribution in [0, 0.1) is 11.8 Å². The molecule has 0 bridgehead atoms. The van der Waals surface area contributed by atoms with E-state index in [2.05, 4.69) is 47.3 Å². The summed E-state index contributed by atoms with van der Waals surface area (Å²) in [5.74, 6) is 3.28. The number of para-hydroxylation sites is 1. The van der Waals surface area contributed by atoms with Gasteiger partial charge < -0.3 is 29.4 Å². The predicted molar refractivity (Wildman–Crippen MR) is 233 cm³/mol. The van der Waals surface area contributed by atoms with Gasteiger partial charge in [-0.3, -0.25) is 4.98 Å². The van der Waals surface area contributed by atoms with Crippen molar-refractivity contribution in [3.63, 3.8) is 0 Å². The quantitative estimate of drug-likeness (QED) is 0.0929. The van der Waals surface area contributed by atoms with Crippen molar-refractivity contribution in [3.05, 3.63) is 124 Å². The van der Waals surface area contributed by atoms with Gasteiger partial charge in [-0.15, -0.1) is 0 Å². The average molecular weight is 831 g/mol. The third-order valence-corrected chi connectivity index (χ3v) is 13.3. The second kappa shape index (κ2) is 18.2. The van der Waals surface area contributed by atoms with Gasteiger partial charge in [0.05, 0.1) is 38.2 Å². The number of pyridine rings is 1. The molecule has 3 aliphatic carbocycles. The van der Waals surface area contributed by atoms with Gasteiger partial charge in [-0.05, 0) is 147 Å². The van der Waals surface area contributed by atoms with Crippen molar-refractivity contribution < 1.29 is 28.8 Å². The number of anilines is 1. The van der Waals surface area contributed by atoms with E-state index >= 15 is 0 Å². The van der Waals surface area contributed by atoms with E-state index in [9.17, 15) is 9.90 Å². The first-order valence-electron chi connectivity index (χ1n) is 21.3. The second-order valence-electron chi connectivity index (χ2n) is 17.0. The van der Waals surface area contributed by atoms with Crippen molar-refractivity contribution in [2.45, 2.75) is 95.1 Å². The molecule has 3 aromatic carbocycles. The van der Waals surface area contributed by atoms with Crippen molar-refractivity contribution in [3.8, 4) is 28.6 Å². The number of halogens is 1. The van der Waals surface area contributed by atoms with Crippen LogP contribution in [0.15, 0.2) is 91.3 Å². The van der Waals surface area contributed by atoms with E-state index in [4.69, 9.17) is 35.5 Å². The molecule has 5 aromatic rings. The zero-order valence-corrected chi connectivity index (χ0v) is 35.5. The van der Waals surface area contributed by atoms with Gasteiger partial charge in [0.2, 0.25) is 0 Å². The summed E-state index contributed by atoms with van der Waals surface area (Å²) in [5, 5.41) is 14.7. The van der Waals surface area contributed by atoms with E-state index in [1.807, 2.05) is 54.7 Å². The molecule has 11 heteroatoms. The monoisotopic (exact) mass is 830 g/mol. The third kappa shape index (κ3) is 8.82. The van der Waals surface area contributed by atoms with Crippen LogP contribution in [-0.4, -0.2) is 58.5 Å². The molecule has 0 saturated heterocycles. The Labute approximate surface area is 358 Å². The number of hydrogen-bond acceptors (Lipinski definition) is 9. The van der Waals surface area contributed by atoms with Crippen molar-refractivity contribution in [2.24, 2.45) is 11.8 Å². The fourth-order valence-corrected chi connectivity index (χ4v) is 10.2. The molecule has 60 heavy (non-hydrogen) atoms. The number of carboxylic acids is 1. The van der Waals surface area contributed by atoms with Gasteiger partial charge in [-0.1, -0.05) is 49.7 Å².